The van der Waals surface area contributed by atoms with Gasteiger partial charge in [0.15, 0.2) is 0 Å². The summed E-state index contributed by atoms with van der Waals surface area (Å²) in [5, 5.41) is 10.3. The molecule has 0 fully saturated rings. The van der Waals surface area contributed by atoms with Gasteiger partial charge in [0.25, 0.3) is 0 Å². The van der Waals surface area contributed by atoms with Crippen molar-refractivity contribution in [3.8, 4) is 5.69 Å². The second-order valence-corrected chi connectivity index (χ2v) is 9.46. The number of hydrogen-bond donors (Lipinski definition) is 2. The zero-order chi connectivity index (χ0) is 23.3. The van der Waals surface area contributed by atoms with E-state index in [1.165, 1.54) is 0 Å². The Labute approximate surface area is 196 Å². The Balaban J connectivity index is 1.64. The smallest absolute Gasteiger partial charge is 0.239 e. The van der Waals surface area contributed by atoms with Crippen LogP contribution in [0.4, 0.5) is 11.6 Å². The number of para-hydroxylation sites is 1. The molecule has 0 radical (unpaired) electrons. The van der Waals surface area contributed by atoms with E-state index in [4.69, 9.17) is 5.10 Å². The highest BCUT2D eigenvalue weighted by Crippen LogP contribution is 2.26. The van der Waals surface area contributed by atoms with Crippen molar-refractivity contribution in [3.05, 3.63) is 64.9 Å². The number of aromatic nitrogens is 3. The van der Waals surface area contributed by atoms with Gasteiger partial charge in [0, 0.05) is 22.2 Å². The molecule has 0 aliphatic rings. The molecule has 0 aliphatic heterocycles. The van der Waals surface area contributed by atoms with Crippen molar-refractivity contribution in [1.29, 1.82) is 0 Å². The van der Waals surface area contributed by atoms with Crippen LogP contribution in [-0.2, 0) is 15.0 Å². The molecular weight excluding hydrogens is 472 g/mol. The van der Waals surface area contributed by atoms with Crippen LogP contribution in [0.25, 0.3) is 5.69 Å². The van der Waals surface area contributed by atoms with Crippen LogP contribution in [0, 0.1) is 0 Å². The number of carbonyl (C=O) groups is 2. The molecule has 0 atom stereocenters. The number of halogens is 1. The first-order valence-electron chi connectivity index (χ1n) is 10.2. The lowest BCUT2D eigenvalue weighted by atomic mass is 9.92. The van der Waals surface area contributed by atoms with E-state index in [2.05, 4.69) is 52.3 Å². The summed E-state index contributed by atoms with van der Waals surface area (Å²) in [5.41, 5.74) is 1.55. The van der Waals surface area contributed by atoms with Crippen LogP contribution in [0.1, 0.15) is 26.5 Å². The van der Waals surface area contributed by atoms with E-state index in [-0.39, 0.29) is 30.3 Å². The van der Waals surface area contributed by atoms with Crippen LogP contribution >= 0.6 is 15.9 Å². The van der Waals surface area contributed by atoms with Gasteiger partial charge in [0.05, 0.1) is 24.5 Å². The molecule has 0 bridgehead atoms. The fraction of sp³-hybridized carbons (Fsp3) is 0.304. The lowest BCUT2D eigenvalue weighted by molar-refractivity contribution is -0.119. The van der Waals surface area contributed by atoms with Gasteiger partial charge in [-0.05, 0) is 47.2 Å². The highest BCUT2D eigenvalue weighted by Gasteiger charge is 2.22. The largest absolute Gasteiger partial charge is 0.310 e. The fourth-order valence-corrected chi connectivity index (χ4v) is 3.20. The van der Waals surface area contributed by atoms with Gasteiger partial charge in [0.1, 0.15) is 11.6 Å². The Morgan fingerprint density at radius 2 is 1.69 bits per heavy atom. The number of pyridine rings is 1. The molecule has 32 heavy (non-hydrogen) atoms. The minimum atomic E-state index is -0.250. The SMILES string of the molecule is CN(CC(=O)Nc1ccc(Br)cn1)CC(=O)Nc1cc(C(C)(C)C)nn1-c1ccccc1. The van der Waals surface area contributed by atoms with Crippen molar-refractivity contribution in [2.75, 3.05) is 30.8 Å². The first-order chi connectivity index (χ1) is 15.1. The topological polar surface area (TPSA) is 92.2 Å². The summed E-state index contributed by atoms with van der Waals surface area (Å²) in [6.45, 7) is 6.32. The zero-order valence-corrected chi connectivity index (χ0v) is 20.2. The first kappa shape index (κ1) is 23.6. The zero-order valence-electron chi connectivity index (χ0n) is 18.6. The number of carbonyl (C=O) groups excluding carboxylic acids is 2. The molecule has 8 nitrogen and oxygen atoms in total. The molecule has 0 unspecified atom stereocenters. The van der Waals surface area contributed by atoms with Crippen LogP contribution in [-0.4, -0.2) is 51.6 Å². The van der Waals surface area contributed by atoms with E-state index in [1.54, 1.807) is 35.0 Å². The quantitative estimate of drug-likeness (QED) is 0.516. The number of likely N-dealkylation sites (N-methyl/N-ethyl adjacent to an activating group) is 1. The van der Waals surface area contributed by atoms with Crippen molar-refractivity contribution in [2.24, 2.45) is 0 Å². The minimum Gasteiger partial charge on any atom is -0.310 e. The fourth-order valence-electron chi connectivity index (χ4n) is 2.96. The van der Waals surface area contributed by atoms with Crippen molar-refractivity contribution in [1.82, 2.24) is 19.7 Å². The molecule has 2 amide bonds. The summed E-state index contributed by atoms with van der Waals surface area (Å²) in [6.07, 6.45) is 1.61. The van der Waals surface area contributed by atoms with Crippen LogP contribution in [0.15, 0.2) is 59.2 Å². The lowest BCUT2D eigenvalue weighted by Crippen LogP contribution is -2.36. The highest BCUT2D eigenvalue weighted by molar-refractivity contribution is 9.10. The maximum Gasteiger partial charge on any atom is 0.239 e. The summed E-state index contributed by atoms with van der Waals surface area (Å²) < 4.78 is 2.55. The standard InChI is InChI=1S/C23H27BrN6O2/c1-23(2,3)18-12-20(30(28-18)17-8-6-5-7-9-17)27-22(32)15-29(4)14-21(31)26-19-11-10-16(24)13-25-19/h5-13H,14-15H2,1-4H3,(H,27,32)(H,25,26,31). The molecule has 3 rings (SSSR count). The third kappa shape index (κ3) is 6.48. The summed E-state index contributed by atoms with van der Waals surface area (Å²) in [5.74, 6) is 0.555. The number of rotatable bonds is 7. The van der Waals surface area contributed by atoms with E-state index in [0.29, 0.717) is 11.6 Å². The molecule has 0 saturated heterocycles. The molecule has 2 heterocycles. The molecule has 2 aromatic heterocycles. The number of amides is 2. The Kier molecular flexibility index (Phi) is 7.42. The predicted octanol–water partition coefficient (Wildman–Crippen LogP) is 3.84. The molecular formula is C23H27BrN6O2. The third-order valence-corrected chi connectivity index (χ3v) is 5.04. The van der Waals surface area contributed by atoms with Gasteiger partial charge in [-0.2, -0.15) is 5.10 Å². The average molecular weight is 499 g/mol. The van der Waals surface area contributed by atoms with E-state index < -0.39 is 0 Å². The van der Waals surface area contributed by atoms with Gasteiger partial charge in [-0.3, -0.25) is 14.5 Å². The Bertz CT molecular complexity index is 1070. The highest BCUT2D eigenvalue weighted by atomic mass is 79.9. The van der Waals surface area contributed by atoms with Crippen molar-refractivity contribution < 1.29 is 9.59 Å². The number of benzene rings is 1. The molecule has 0 saturated carbocycles. The second-order valence-electron chi connectivity index (χ2n) is 8.54. The monoisotopic (exact) mass is 498 g/mol. The Morgan fingerprint density at radius 3 is 2.28 bits per heavy atom. The Morgan fingerprint density at radius 1 is 1.03 bits per heavy atom. The molecule has 3 aromatic rings. The minimum absolute atomic E-state index is 0.0476. The number of nitrogens with one attached hydrogen (secondary N) is 2. The summed E-state index contributed by atoms with van der Waals surface area (Å²) in [7, 11) is 1.71. The van der Waals surface area contributed by atoms with Gasteiger partial charge in [-0.25, -0.2) is 9.67 Å². The Hall–Kier alpha value is -3.04. The van der Waals surface area contributed by atoms with Crippen LogP contribution in [0.3, 0.4) is 0 Å². The van der Waals surface area contributed by atoms with E-state index >= 15 is 0 Å². The molecule has 0 aliphatic carbocycles. The van der Waals surface area contributed by atoms with Gasteiger partial charge in [0.2, 0.25) is 11.8 Å². The molecule has 168 valence electrons. The summed E-state index contributed by atoms with van der Waals surface area (Å²) >= 11 is 3.30. The van der Waals surface area contributed by atoms with Gasteiger partial charge in [-0.15, -0.1) is 0 Å². The van der Waals surface area contributed by atoms with Gasteiger partial charge >= 0.3 is 0 Å². The predicted molar refractivity (Wildman–Crippen MR) is 129 cm³/mol. The number of nitrogens with zero attached hydrogens (tertiary/aromatic N) is 4. The van der Waals surface area contributed by atoms with E-state index in [1.807, 2.05) is 36.4 Å². The van der Waals surface area contributed by atoms with Crippen molar-refractivity contribution in [3.63, 3.8) is 0 Å². The maximum atomic E-state index is 12.7. The van der Waals surface area contributed by atoms with E-state index in [0.717, 1.165) is 15.9 Å². The number of anilines is 2. The number of hydrogen-bond acceptors (Lipinski definition) is 5. The second kappa shape index (κ2) is 10.1. The molecule has 2 N–H and O–H groups in total. The van der Waals surface area contributed by atoms with Crippen LogP contribution < -0.4 is 10.6 Å². The molecule has 0 spiro atoms. The van der Waals surface area contributed by atoms with Crippen LogP contribution in [0.5, 0.6) is 0 Å². The van der Waals surface area contributed by atoms with Crippen LogP contribution in [0.2, 0.25) is 0 Å². The summed E-state index contributed by atoms with van der Waals surface area (Å²) in [4.78, 5) is 30.7. The summed E-state index contributed by atoms with van der Waals surface area (Å²) in [6, 6.07) is 15.0. The first-order valence-corrected chi connectivity index (χ1v) is 11.0. The van der Waals surface area contributed by atoms with Gasteiger partial charge < -0.3 is 10.6 Å². The molecule has 9 heteroatoms. The average Bonchev–Trinajstić information content (AvgIpc) is 3.14. The van der Waals surface area contributed by atoms with Gasteiger partial charge in [-0.1, -0.05) is 39.0 Å². The van der Waals surface area contributed by atoms with Crippen molar-refractivity contribution >= 4 is 39.4 Å². The third-order valence-electron chi connectivity index (χ3n) is 4.57. The van der Waals surface area contributed by atoms with E-state index in [9.17, 15) is 9.59 Å². The molecule has 1 aromatic carbocycles. The van der Waals surface area contributed by atoms with Crippen molar-refractivity contribution in [2.45, 2.75) is 26.2 Å². The normalized spacial score (nSPS) is 11.4. The lowest BCUT2D eigenvalue weighted by Gasteiger charge is -2.16. The maximum absolute atomic E-state index is 12.7.